The van der Waals surface area contributed by atoms with Gasteiger partial charge in [-0.05, 0) is 30.2 Å². The molecule has 2 aromatic rings. The van der Waals surface area contributed by atoms with E-state index in [1.165, 1.54) is 6.08 Å². The van der Waals surface area contributed by atoms with Crippen molar-refractivity contribution in [2.45, 2.75) is 13.3 Å². The maximum Gasteiger partial charge on any atom is 0.230 e. The number of allylic oxidation sites excluding steroid dienone is 3. The van der Waals surface area contributed by atoms with E-state index in [0.717, 1.165) is 11.0 Å². The first-order chi connectivity index (χ1) is 10.4. The second-order valence-electron chi connectivity index (χ2n) is 4.90. The van der Waals surface area contributed by atoms with Gasteiger partial charge in [-0.2, -0.15) is 0 Å². The predicted octanol–water partition coefficient (Wildman–Crippen LogP) is 3.94. The zero-order valence-corrected chi connectivity index (χ0v) is 12.8. The minimum Gasteiger partial charge on any atom is -0.396 e. The van der Waals surface area contributed by atoms with Crippen LogP contribution in [0.15, 0.2) is 65.6 Å². The molecule has 4 nitrogen and oxygen atoms in total. The van der Waals surface area contributed by atoms with Crippen molar-refractivity contribution in [1.29, 1.82) is 0 Å². The van der Waals surface area contributed by atoms with E-state index in [1.54, 1.807) is 0 Å². The number of fused-ring (bicyclic) bond motifs is 1. The molecule has 0 radical (unpaired) electrons. The summed E-state index contributed by atoms with van der Waals surface area (Å²) in [6.07, 6.45) is 2.07. The van der Waals surface area contributed by atoms with Crippen molar-refractivity contribution in [1.82, 2.24) is 9.55 Å². The number of aromatic nitrogens is 2. The average molecular weight is 298 g/mol. The van der Waals surface area contributed by atoms with Crippen molar-refractivity contribution in [3.8, 4) is 0 Å². The SMILES string of the molecule is C=C(F)/C(N)=C\C(=C)/C(CC)=N/c1nc2ccccc2n1C. The van der Waals surface area contributed by atoms with Crippen molar-refractivity contribution in [3.63, 3.8) is 0 Å². The monoisotopic (exact) mass is 298 g/mol. The smallest absolute Gasteiger partial charge is 0.230 e. The van der Waals surface area contributed by atoms with E-state index in [9.17, 15) is 4.39 Å². The largest absolute Gasteiger partial charge is 0.396 e. The standard InChI is InChI=1S/C17H19FN4/c1-5-14(11(2)10-13(19)12(3)18)20-17-21-15-8-6-7-9-16(15)22(17)4/h6-10H,2-3,5,19H2,1,4H3/b13-10+,20-14+. The Bertz CT molecular complexity index is 796. The number of rotatable bonds is 5. The highest BCUT2D eigenvalue weighted by molar-refractivity contribution is 6.03. The van der Waals surface area contributed by atoms with Crippen LogP contribution in [0, 0.1) is 0 Å². The van der Waals surface area contributed by atoms with Gasteiger partial charge >= 0.3 is 0 Å². The van der Waals surface area contributed by atoms with Crippen LogP contribution in [0.5, 0.6) is 0 Å². The number of nitrogens with zero attached hydrogens (tertiary/aromatic N) is 3. The Morgan fingerprint density at radius 2 is 2.09 bits per heavy atom. The van der Waals surface area contributed by atoms with Gasteiger partial charge in [-0.25, -0.2) is 14.4 Å². The number of hydrogen-bond donors (Lipinski definition) is 1. The highest BCUT2D eigenvalue weighted by Gasteiger charge is 2.09. The van der Waals surface area contributed by atoms with Gasteiger partial charge in [0.15, 0.2) is 0 Å². The summed E-state index contributed by atoms with van der Waals surface area (Å²) >= 11 is 0. The third-order valence-corrected chi connectivity index (χ3v) is 3.35. The number of nitrogens with two attached hydrogens (primary N) is 1. The Balaban J connectivity index is 2.43. The molecular formula is C17H19FN4. The van der Waals surface area contributed by atoms with E-state index in [1.807, 2.05) is 42.8 Å². The molecule has 2 rings (SSSR count). The molecule has 0 fully saturated rings. The molecule has 0 spiro atoms. The summed E-state index contributed by atoms with van der Waals surface area (Å²) in [5.41, 5.74) is 8.61. The second kappa shape index (κ2) is 6.39. The van der Waals surface area contributed by atoms with E-state index in [0.29, 0.717) is 23.7 Å². The van der Waals surface area contributed by atoms with Gasteiger partial charge in [0.2, 0.25) is 5.95 Å². The molecule has 0 aliphatic heterocycles. The lowest BCUT2D eigenvalue weighted by Crippen LogP contribution is -2.03. The van der Waals surface area contributed by atoms with Gasteiger partial charge in [0.25, 0.3) is 0 Å². The molecule has 114 valence electrons. The maximum absolute atomic E-state index is 13.0. The highest BCUT2D eigenvalue weighted by atomic mass is 19.1. The van der Waals surface area contributed by atoms with Gasteiger partial charge in [0.05, 0.1) is 22.4 Å². The van der Waals surface area contributed by atoms with Crippen LogP contribution in [-0.2, 0) is 7.05 Å². The molecule has 0 aliphatic carbocycles. The number of hydrogen-bond acceptors (Lipinski definition) is 3. The molecular weight excluding hydrogens is 279 g/mol. The number of halogens is 1. The first kappa shape index (κ1) is 15.7. The molecule has 1 heterocycles. The first-order valence-corrected chi connectivity index (χ1v) is 6.94. The summed E-state index contributed by atoms with van der Waals surface area (Å²) in [6, 6.07) is 7.79. The molecule has 0 amide bonds. The molecule has 1 aromatic heterocycles. The van der Waals surface area contributed by atoms with Gasteiger partial charge in [0, 0.05) is 7.05 Å². The minimum atomic E-state index is -0.681. The van der Waals surface area contributed by atoms with Gasteiger partial charge < -0.3 is 10.3 Å². The zero-order chi connectivity index (χ0) is 16.3. The molecule has 1 aromatic carbocycles. The van der Waals surface area contributed by atoms with Gasteiger partial charge in [0.1, 0.15) is 5.83 Å². The lowest BCUT2D eigenvalue weighted by atomic mass is 10.1. The maximum atomic E-state index is 13.0. The highest BCUT2D eigenvalue weighted by Crippen LogP contribution is 2.21. The topological polar surface area (TPSA) is 56.2 Å². The van der Waals surface area contributed by atoms with Crippen molar-refractivity contribution >= 4 is 22.7 Å². The summed E-state index contributed by atoms with van der Waals surface area (Å²) < 4.78 is 14.9. The minimum absolute atomic E-state index is 0.0452. The Kier molecular flexibility index (Phi) is 4.56. The number of benzene rings is 1. The fourth-order valence-electron chi connectivity index (χ4n) is 2.08. The van der Waals surface area contributed by atoms with E-state index < -0.39 is 5.83 Å². The average Bonchev–Trinajstić information content (AvgIpc) is 2.81. The summed E-state index contributed by atoms with van der Waals surface area (Å²) in [4.78, 5) is 9.03. The van der Waals surface area contributed by atoms with Crippen LogP contribution in [-0.4, -0.2) is 15.3 Å². The molecule has 0 saturated heterocycles. The molecule has 2 N–H and O–H groups in total. The fraction of sp³-hybridized carbons (Fsp3) is 0.176. The van der Waals surface area contributed by atoms with Gasteiger partial charge in [-0.1, -0.05) is 32.2 Å². The van der Waals surface area contributed by atoms with Crippen LogP contribution < -0.4 is 5.73 Å². The fourth-order valence-corrected chi connectivity index (χ4v) is 2.08. The normalized spacial score (nSPS) is 12.7. The van der Waals surface area contributed by atoms with Crippen molar-refractivity contribution in [3.05, 3.63) is 60.6 Å². The summed E-state index contributed by atoms with van der Waals surface area (Å²) in [7, 11) is 1.90. The number of imidazole rings is 1. The molecule has 5 heteroatoms. The Hall–Kier alpha value is -2.69. The molecule has 0 saturated carbocycles. The van der Waals surface area contributed by atoms with Crippen molar-refractivity contribution in [2.24, 2.45) is 17.8 Å². The quantitative estimate of drug-likeness (QED) is 0.671. The third kappa shape index (κ3) is 3.14. The first-order valence-electron chi connectivity index (χ1n) is 6.94. The third-order valence-electron chi connectivity index (χ3n) is 3.35. The lowest BCUT2D eigenvalue weighted by Gasteiger charge is -2.05. The lowest BCUT2D eigenvalue weighted by molar-refractivity contribution is 0.653. The summed E-state index contributed by atoms with van der Waals surface area (Å²) in [5, 5.41) is 0. The van der Waals surface area contributed by atoms with Crippen LogP contribution >= 0.6 is 0 Å². The van der Waals surface area contributed by atoms with Crippen LogP contribution in [0.25, 0.3) is 11.0 Å². The second-order valence-corrected chi connectivity index (χ2v) is 4.90. The molecule has 0 atom stereocenters. The molecule has 0 aliphatic rings. The van der Waals surface area contributed by atoms with Crippen LogP contribution in [0.3, 0.4) is 0 Å². The molecule has 22 heavy (non-hydrogen) atoms. The van der Waals surface area contributed by atoms with Crippen LogP contribution in [0.4, 0.5) is 10.3 Å². The molecule has 0 unspecified atom stereocenters. The van der Waals surface area contributed by atoms with Crippen LogP contribution in [0.1, 0.15) is 13.3 Å². The van der Waals surface area contributed by atoms with Gasteiger partial charge in [-0.3, -0.25) is 0 Å². The Morgan fingerprint density at radius 3 is 2.68 bits per heavy atom. The summed E-state index contributed by atoms with van der Waals surface area (Å²) in [5.74, 6) is -0.107. The van der Waals surface area contributed by atoms with Crippen LogP contribution in [0.2, 0.25) is 0 Å². The Morgan fingerprint density at radius 1 is 1.41 bits per heavy atom. The van der Waals surface area contributed by atoms with E-state index >= 15 is 0 Å². The summed E-state index contributed by atoms with van der Waals surface area (Å²) in [6.45, 7) is 9.00. The predicted molar refractivity (Wildman–Crippen MR) is 89.8 cm³/mol. The number of aliphatic imine (C=N–C) groups is 1. The number of aryl methyl sites for hydroxylation is 1. The molecule has 0 bridgehead atoms. The Labute approximate surface area is 129 Å². The van der Waals surface area contributed by atoms with E-state index in [4.69, 9.17) is 5.73 Å². The van der Waals surface area contributed by atoms with E-state index in [-0.39, 0.29) is 5.70 Å². The van der Waals surface area contributed by atoms with Crippen molar-refractivity contribution in [2.75, 3.05) is 0 Å². The number of para-hydroxylation sites is 2. The van der Waals surface area contributed by atoms with E-state index in [2.05, 4.69) is 23.1 Å². The van der Waals surface area contributed by atoms with Crippen molar-refractivity contribution < 1.29 is 4.39 Å². The zero-order valence-electron chi connectivity index (χ0n) is 12.8. The van der Waals surface area contributed by atoms with Gasteiger partial charge in [-0.15, -0.1) is 0 Å².